The number of nitrogens with zero attached hydrogens (tertiary/aromatic N) is 3. The number of imidazole rings is 1. The lowest BCUT2D eigenvalue weighted by atomic mass is 10.0. The van der Waals surface area contributed by atoms with Gasteiger partial charge in [-0.25, -0.2) is 4.98 Å². The summed E-state index contributed by atoms with van der Waals surface area (Å²) < 4.78 is 2.23. The van der Waals surface area contributed by atoms with Gasteiger partial charge >= 0.3 is 0 Å². The van der Waals surface area contributed by atoms with E-state index in [1.165, 1.54) is 11.1 Å². The molecule has 2 aromatic rings. The summed E-state index contributed by atoms with van der Waals surface area (Å²) in [6, 6.07) is 6.62. The molecule has 2 heterocycles. The molecule has 19 heavy (non-hydrogen) atoms. The highest BCUT2D eigenvalue weighted by Gasteiger charge is 2.17. The van der Waals surface area contributed by atoms with Crippen LogP contribution in [0, 0.1) is 0 Å². The van der Waals surface area contributed by atoms with Crippen LogP contribution in [0.2, 0.25) is 0 Å². The first-order valence-electron chi connectivity index (χ1n) is 7.09. The van der Waals surface area contributed by atoms with Crippen molar-refractivity contribution in [3.63, 3.8) is 0 Å². The normalized spacial score (nSPS) is 16.5. The van der Waals surface area contributed by atoms with Crippen molar-refractivity contribution in [1.29, 1.82) is 0 Å². The summed E-state index contributed by atoms with van der Waals surface area (Å²) in [6.07, 6.45) is 0. The quantitative estimate of drug-likeness (QED) is 0.895. The molecule has 1 N–H and O–H groups in total. The second-order valence-corrected chi connectivity index (χ2v) is 5.61. The first kappa shape index (κ1) is 12.5. The molecule has 0 radical (unpaired) electrons. The zero-order valence-corrected chi connectivity index (χ0v) is 12.0. The van der Waals surface area contributed by atoms with Gasteiger partial charge in [-0.3, -0.25) is 0 Å². The lowest BCUT2D eigenvalue weighted by Crippen LogP contribution is -2.44. The topological polar surface area (TPSA) is 33.1 Å². The van der Waals surface area contributed by atoms with Crippen molar-refractivity contribution in [2.24, 2.45) is 7.05 Å². The zero-order chi connectivity index (χ0) is 13.4. The van der Waals surface area contributed by atoms with Crippen molar-refractivity contribution in [2.45, 2.75) is 19.8 Å². The third kappa shape index (κ3) is 2.21. The van der Waals surface area contributed by atoms with Gasteiger partial charge in [0.05, 0.1) is 11.0 Å². The van der Waals surface area contributed by atoms with Gasteiger partial charge < -0.3 is 14.8 Å². The van der Waals surface area contributed by atoms with Gasteiger partial charge in [0, 0.05) is 33.2 Å². The maximum absolute atomic E-state index is 4.80. The number of rotatable bonds is 2. The molecule has 0 spiro atoms. The van der Waals surface area contributed by atoms with E-state index in [2.05, 4.69) is 53.9 Å². The van der Waals surface area contributed by atoms with E-state index in [9.17, 15) is 0 Å². The Labute approximate surface area is 114 Å². The van der Waals surface area contributed by atoms with Gasteiger partial charge in [-0.1, -0.05) is 19.9 Å². The van der Waals surface area contributed by atoms with Crippen molar-refractivity contribution in [3.8, 4) is 0 Å². The van der Waals surface area contributed by atoms with Crippen molar-refractivity contribution in [2.75, 3.05) is 31.1 Å². The summed E-state index contributed by atoms with van der Waals surface area (Å²) in [7, 11) is 2.12. The minimum atomic E-state index is 0.557. The fraction of sp³-hybridized carbons (Fsp3) is 0.533. The van der Waals surface area contributed by atoms with Gasteiger partial charge in [-0.15, -0.1) is 0 Å². The molecule has 1 saturated heterocycles. The summed E-state index contributed by atoms with van der Waals surface area (Å²) in [5.74, 6) is 1.65. The average molecular weight is 258 g/mol. The number of benzene rings is 1. The fourth-order valence-electron chi connectivity index (χ4n) is 2.70. The number of hydrogen-bond donors (Lipinski definition) is 1. The van der Waals surface area contributed by atoms with E-state index < -0.39 is 0 Å². The van der Waals surface area contributed by atoms with E-state index in [0.29, 0.717) is 5.92 Å². The van der Waals surface area contributed by atoms with Crippen LogP contribution in [0.3, 0.4) is 0 Å². The summed E-state index contributed by atoms with van der Waals surface area (Å²) in [6.45, 7) is 8.62. The Morgan fingerprint density at radius 1 is 1.21 bits per heavy atom. The molecule has 1 fully saturated rings. The first-order valence-corrected chi connectivity index (χ1v) is 7.09. The highest BCUT2D eigenvalue weighted by Crippen LogP contribution is 2.25. The summed E-state index contributed by atoms with van der Waals surface area (Å²) in [5.41, 5.74) is 3.71. The van der Waals surface area contributed by atoms with Crippen LogP contribution in [0.4, 0.5) is 5.95 Å². The van der Waals surface area contributed by atoms with Crippen LogP contribution in [0.5, 0.6) is 0 Å². The smallest absolute Gasteiger partial charge is 0.206 e. The standard InChI is InChI=1S/C15H22N4/c1-11(2)12-4-5-13-14(10-12)18(3)15(17-13)19-8-6-16-7-9-19/h4-5,10-11,16H,6-9H2,1-3H3. The van der Waals surface area contributed by atoms with E-state index >= 15 is 0 Å². The molecule has 4 heteroatoms. The Balaban J connectivity index is 2.04. The van der Waals surface area contributed by atoms with Gasteiger partial charge in [0.15, 0.2) is 0 Å². The maximum atomic E-state index is 4.80. The second kappa shape index (κ2) is 4.85. The third-order valence-corrected chi connectivity index (χ3v) is 3.95. The van der Waals surface area contributed by atoms with E-state index in [1.807, 2.05) is 0 Å². The fourth-order valence-corrected chi connectivity index (χ4v) is 2.70. The lowest BCUT2D eigenvalue weighted by molar-refractivity contribution is 0.575. The summed E-state index contributed by atoms with van der Waals surface area (Å²) >= 11 is 0. The SMILES string of the molecule is CC(C)c1ccc2nc(N3CCNCC3)n(C)c2c1. The molecule has 0 atom stereocenters. The minimum Gasteiger partial charge on any atom is -0.340 e. The van der Waals surface area contributed by atoms with Crippen LogP contribution >= 0.6 is 0 Å². The molecule has 1 aromatic carbocycles. The number of aryl methyl sites for hydroxylation is 1. The van der Waals surface area contributed by atoms with Crippen LogP contribution in [0.25, 0.3) is 11.0 Å². The second-order valence-electron chi connectivity index (χ2n) is 5.61. The highest BCUT2D eigenvalue weighted by atomic mass is 15.3. The molecule has 0 aliphatic carbocycles. The lowest BCUT2D eigenvalue weighted by Gasteiger charge is -2.28. The van der Waals surface area contributed by atoms with Gasteiger partial charge in [-0.2, -0.15) is 0 Å². The van der Waals surface area contributed by atoms with Crippen LogP contribution in [0.1, 0.15) is 25.3 Å². The molecule has 1 aliphatic rings. The predicted molar refractivity (Wildman–Crippen MR) is 79.9 cm³/mol. The molecule has 1 aromatic heterocycles. The molecule has 0 unspecified atom stereocenters. The Hall–Kier alpha value is -1.55. The van der Waals surface area contributed by atoms with Gasteiger partial charge in [-0.05, 0) is 23.6 Å². The Morgan fingerprint density at radius 2 is 1.95 bits per heavy atom. The largest absolute Gasteiger partial charge is 0.340 e. The molecular weight excluding hydrogens is 236 g/mol. The number of piperazine rings is 1. The summed E-state index contributed by atoms with van der Waals surface area (Å²) in [4.78, 5) is 7.16. The zero-order valence-electron chi connectivity index (χ0n) is 12.0. The maximum Gasteiger partial charge on any atom is 0.206 e. The molecule has 0 saturated carbocycles. The number of fused-ring (bicyclic) bond motifs is 1. The predicted octanol–water partition coefficient (Wildman–Crippen LogP) is 2.11. The minimum absolute atomic E-state index is 0.557. The molecular formula is C15H22N4. The van der Waals surface area contributed by atoms with Crippen LogP contribution in [0.15, 0.2) is 18.2 Å². The Kier molecular flexibility index (Phi) is 3.19. The van der Waals surface area contributed by atoms with Crippen LogP contribution in [-0.2, 0) is 7.05 Å². The molecule has 4 nitrogen and oxygen atoms in total. The molecule has 3 rings (SSSR count). The van der Waals surface area contributed by atoms with Gasteiger partial charge in [0.25, 0.3) is 0 Å². The van der Waals surface area contributed by atoms with Crippen molar-refractivity contribution in [3.05, 3.63) is 23.8 Å². The van der Waals surface area contributed by atoms with Crippen molar-refractivity contribution in [1.82, 2.24) is 14.9 Å². The van der Waals surface area contributed by atoms with Crippen molar-refractivity contribution >= 4 is 17.0 Å². The molecule has 0 amide bonds. The van der Waals surface area contributed by atoms with Crippen molar-refractivity contribution < 1.29 is 0 Å². The number of aromatic nitrogens is 2. The van der Waals surface area contributed by atoms with E-state index in [1.54, 1.807) is 0 Å². The molecule has 1 aliphatic heterocycles. The molecule has 102 valence electrons. The Bertz CT molecular complexity index is 579. The summed E-state index contributed by atoms with van der Waals surface area (Å²) in [5, 5.41) is 3.38. The van der Waals surface area contributed by atoms with E-state index in [4.69, 9.17) is 4.98 Å². The van der Waals surface area contributed by atoms with Gasteiger partial charge in [0.2, 0.25) is 5.95 Å². The molecule has 0 bridgehead atoms. The average Bonchev–Trinajstić information content (AvgIpc) is 2.77. The highest BCUT2D eigenvalue weighted by molar-refractivity contribution is 5.79. The third-order valence-electron chi connectivity index (χ3n) is 3.95. The Morgan fingerprint density at radius 3 is 2.63 bits per heavy atom. The van der Waals surface area contributed by atoms with E-state index in [0.717, 1.165) is 37.6 Å². The van der Waals surface area contributed by atoms with Gasteiger partial charge in [0.1, 0.15) is 0 Å². The monoisotopic (exact) mass is 258 g/mol. The van der Waals surface area contributed by atoms with Crippen LogP contribution in [-0.4, -0.2) is 35.7 Å². The number of hydrogen-bond acceptors (Lipinski definition) is 3. The van der Waals surface area contributed by atoms with Crippen LogP contribution < -0.4 is 10.2 Å². The first-order chi connectivity index (χ1) is 9.16. The van der Waals surface area contributed by atoms with E-state index in [-0.39, 0.29) is 0 Å². The number of nitrogens with one attached hydrogen (secondary N) is 1. The number of anilines is 1.